The van der Waals surface area contributed by atoms with Gasteiger partial charge in [0.05, 0.1) is 49.9 Å². The zero-order chi connectivity index (χ0) is 36.9. The van der Waals surface area contributed by atoms with Crippen molar-refractivity contribution in [2.75, 3.05) is 25.6 Å². The topological polar surface area (TPSA) is 195 Å². The van der Waals surface area contributed by atoms with Crippen molar-refractivity contribution in [1.82, 2.24) is 14.6 Å². The number of hydrogen-bond donors (Lipinski definition) is 4. The molecule has 1 aliphatic heterocycles. The first kappa shape index (κ1) is 40.8. The summed E-state index contributed by atoms with van der Waals surface area (Å²) < 4.78 is 50.8. The van der Waals surface area contributed by atoms with Gasteiger partial charge in [-0.1, -0.05) is 84.0 Å². The first-order chi connectivity index (χ1) is 24.4. The van der Waals surface area contributed by atoms with Crippen LogP contribution in [0, 0.1) is 17.1 Å². The number of phosphoric ester groups is 1. The molecule has 0 amide bonds. The van der Waals surface area contributed by atoms with Crippen molar-refractivity contribution in [1.29, 1.82) is 5.26 Å². The van der Waals surface area contributed by atoms with Gasteiger partial charge in [0, 0.05) is 0 Å². The van der Waals surface area contributed by atoms with Gasteiger partial charge in [0.2, 0.25) is 0 Å². The molecule has 2 aromatic heterocycles. The Kier molecular flexibility index (Phi) is 15.3. The Balaban J connectivity index is 1.28. The molecule has 0 saturated carbocycles. The minimum Gasteiger partial charge on any atom is -0.386 e. The highest BCUT2D eigenvalue weighted by atomic mass is 31.2. The van der Waals surface area contributed by atoms with Crippen molar-refractivity contribution >= 4 is 19.2 Å². The molecule has 1 aliphatic rings. The second-order valence-electron chi connectivity index (χ2n) is 13.7. The average Bonchev–Trinajstić information content (AvgIpc) is 3.65. The standard InChI is InChI=1S/C36H53FN5O8P/c1-3-4-5-6-7-8-9-10-11-12-13-14-15-30(47-22-28-18-27(21-38)19-29(37)20-28)23-49-51(45,46)50-24-35(2)34(43)36(44,25-48-35)32-17-16-31-33(39)40-26-41-42(31)32/h16-20,26,30,34,43-44H,3-15,22-25H2,1-2H3,(H,45,46)(H2,39,40,41)/t30-,34+,35+,36-/m0/s1. The van der Waals surface area contributed by atoms with Gasteiger partial charge in [0.15, 0.2) is 11.4 Å². The zero-order valence-electron chi connectivity index (χ0n) is 29.7. The van der Waals surface area contributed by atoms with Gasteiger partial charge in [-0.15, -0.1) is 0 Å². The van der Waals surface area contributed by atoms with Crippen LogP contribution in [0.1, 0.15) is 114 Å². The van der Waals surface area contributed by atoms with E-state index < -0.39 is 43.7 Å². The summed E-state index contributed by atoms with van der Waals surface area (Å²) >= 11 is 0. The number of phosphoric acid groups is 1. The number of nitrogens with two attached hydrogens (primary N) is 1. The molecule has 0 spiro atoms. The van der Waals surface area contributed by atoms with Gasteiger partial charge >= 0.3 is 7.82 Å². The van der Waals surface area contributed by atoms with E-state index in [2.05, 4.69) is 17.0 Å². The lowest BCUT2D eigenvalue weighted by Crippen LogP contribution is -2.49. The molecular formula is C36H53FN5O8P. The zero-order valence-corrected chi connectivity index (χ0v) is 30.6. The third kappa shape index (κ3) is 11.5. The van der Waals surface area contributed by atoms with Crippen LogP contribution in [0.25, 0.3) is 5.52 Å². The highest BCUT2D eigenvalue weighted by molar-refractivity contribution is 7.47. The number of halogens is 1. The number of unbranched alkanes of at least 4 members (excludes halogenated alkanes) is 11. The van der Waals surface area contributed by atoms with Crippen molar-refractivity contribution in [2.45, 2.75) is 127 Å². The number of fused-ring (bicyclic) bond motifs is 1. The molecule has 15 heteroatoms. The fourth-order valence-electron chi connectivity index (χ4n) is 6.42. The predicted molar refractivity (Wildman–Crippen MR) is 189 cm³/mol. The number of nitrogens with zero attached hydrogens (tertiary/aromatic N) is 4. The van der Waals surface area contributed by atoms with Gasteiger partial charge in [-0.3, -0.25) is 9.05 Å². The van der Waals surface area contributed by atoms with E-state index in [9.17, 15) is 29.3 Å². The molecule has 282 valence electrons. The molecule has 0 aliphatic carbocycles. The molecule has 4 rings (SSSR count). The lowest BCUT2D eigenvalue weighted by Gasteiger charge is -2.32. The molecule has 1 aromatic carbocycles. The number of aliphatic hydroxyl groups is 2. The van der Waals surface area contributed by atoms with Crippen molar-refractivity contribution in [3.05, 3.63) is 59.3 Å². The van der Waals surface area contributed by atoms with E-state index in [1.807, 2.05) is 6.07 Å². The molecular weight excluding hydrogens is 680 g/mol. The number of nitriles is 1. The molecule has 3 aromatic rings. The number of benzene rings is 1. The van der Waals surface area contributed by atoms with Gasteiger partial charge in [0.1, 0.15) is 29.4 Å². The highest BCUT2D eigenvalue weighted by Gasteiger charge is 2.58. The third-order valence-electron chi connectivity index (χ3n) is 9.47. The van der Waals surface area contributed by atoms with E-state index in [1.165, 1.54) is 81.3 Å². The lowest BCUT2D eigenvalue weighted by molar-refractivity contribution is -0.100. The minimum atomic E-state index is -4.70. The summed E-state index contributed by atoms with van der Waals surface area (Å²) in [5.74, 6) is -0.379. The summed E-state index contributed by atoms with van der Waals surface area (Å²) in [6, 6.07) is 9.00. The third-order valence-corrected chi connectivity index (χ3v) is 10.4. The fraction of sp³-hybridized carbons (Fsp3) is 0.639. The normalized spacial score (nSPS) is 22.3. The van der Waals surface area contributed by atoms with Crippen LogP contribution in [-0.2, 0) is 35.3 Å². The number of nitrogen functional groups attached to an aromatic ring is 1. The maximum Gasteiger partial charge on any atom is 0.472 e. The lowest BCUT2D eigenvalue weighted by atomic mass is 9.86. The van der Waals surface area contributed by atoms with Crippen molar-refractivity contribution in [3.63, 3.8) is 0 Å². The maximum atomic E-state index is 14.0. The van der Waals surface area contributed by atoms with E-state index in [-0.39, 0.29) is 36.9 Å². The summed E-state index contributed by atoms with van der Waals surface area (Å²) in [7, 11) is -4.70. The predicted octanol–water partition coefficient (Wildman–Crippen LogP) is 6.47. The van der Waals surface area contributed by atoms with E-state index in [0.717, 1.165) is 31.7 Å². The summed E-state index contributed by atoms with van der Waals surface area (Å²) in [5.41, 5.74) is 3.61. The van der Waals surface area contributed by atoms with Crippen LogP contribution < -0.4 is 5.73 Å². The summed E-state index contributed by atoms with van der Waals surface area (Å²) in [5, 5.41) is 36.1. The quantitative estimate of drug-likeness (QED) is 0.0614. The first-order valence-electron chi connectivity index (χ1n) is 18.0. The molecule has 3 heterocycles. The van der Waals surface area contributed by atoms with Crippen LogP contribution in [0.4, 0.5) is 10.2 Å². The van der Waals surface area contributed by atoms with Gasteiger partial charge in [-0.05, 0) is 49.2 Å². The van der Waals surface area contributed by atoms with Crippen molar-refractivity contribution in [3.8, 4) is 6.07 Å². The molecule has 1 fully saturated rings. The smallest absolute Gasteiger partial charge is 0.386 e. The summed E-state index contributed by atoms with van der Waals surface area (Å²) in [6.45, 7) is 2.40. The molecule has 1 unspecified atom stereocenters. The Morgan fingerprint density at radius 2 is 1.76 bits per heavy atom. The Hall–Kier alpha value is -2.99. The fourth-order valence-corrected chi connectivity index (χ4v) is 7.27. The summed E-state index contributed by atoms with van der Waals surface area (Å²) in [6.07, 6.45) is 13.7. The molecule has 5 atom stereocenters. The second-order valence-corrected chi connectivity index (χ2v) is 15.2. The first-order valence-corrected chi connectivity index (χ1v) is 19.5. The number of anilines is 1. The number of hydrogen-bond acceptors (Lipinski definition) is 11. The molecule has 51 heavy (non-hydrogen) atoms. The largest absolute Gasteiger partial charge is 0.472 e. The SMILES string of the molecule is CCCCCCCCCCCCCC[C@@H](COP(=O)(O)OC[C@@]1(C)OC[C@](O)(c2ccc3c(N)ncnn23)[C@@H]1O)OCc1cc(F)cc(C#N)c1. The minimum absolute atomic E-state index is 0.0308. The molecule has 5 N–H and O–H groups in total. The van der Waals surface area contributed by atoms with Gasteiger partial charge < -0.3 is 30.3 Å². The number of aliphatic hydroxyl groups excluding tert-OH is 1. The van der Waals surface area contributed by atoms with Crippen molar-refractivity contribution in [2.24, 2.45) is 0 Å². The monoisotopic (exact) mass is 733 g/mol. The highest BCUT2D eigenvalue weighted by Crippen LogP contribution is 2.48. The number of rotatable bonds is 23. The van der Waals surface area contributed by atoms with Crippen LogP contribution in [0.3, 0.4) is 0 Å². The van der Waals surface area contributed by atoms with Gasteiger partial charge in [0.25, 0.3) is 0 Å². The van der Waals surface area contributed by atoms with E-state index >= 15 is 0 Å². The van der Waals surface area contributed by atoms with Gasteiger partial charge in [-0.25, -0.2) is 18.5 Å². The Bertz CT molecular complexity index is 1640. The molecule has 0 radical (unpaired) electrons. The van der Waals surface area contributed by atoms with Crippen LogP contribution >= 0.6 is 7.82 Å². The average molecular weight is 734 g/mol. The maximum absolute atomic E-state index is 14.0. The van der Waals surface area contributed by atoms with Gasteiger partial charge in [-0.2, -0.15) is 10.4 Å². The van der Waals surface area contributed by atoms with Crippen LogP contribution in [-0.4, -0.2) is 67.3 Å². The van der Waals surface area contributed by atoms with Crippen LogP contribution in [0.2, 0.25) is 0 Å². The number of ether oxygens (including phenoxy) is 2. The molecule has 13 nitrogen and oxygen atoms in total. The summed E-state index contributed by atoms with van der Waals surface area (Å²) in [4.78, 5) is 14.5. The molecule has 1 saturated heterocycles. The Morgan fingerprint density at radius 1 is 1.10 bits per heavy atom. The Morgan fingerprint density at radius 3 is 2.43 bits per heavy atom. The van der Waals surface area contributed by atoms with E-state index in [0.29, 0.717) is 17.5 Å². The van der Waals surface area contributed by atoms with E-state index in [4.69, 9.17) is 24.3 Å². The molecule has 0 bridgehead atoms. The Labute approximate surface area is 299 Å². The van der Waals surface area contributed by atoms with E-state index in [1.54, 1.807) is 12.1 Å². The second kappa shape index (κ2) is 19.2. The van der Waals surface area contributed by atoms with Crippen molar-refractivity contribution < 1.29 is 42.6 Å². The van der Waals surface area contributed by atoms with Crippen LogP contribution in [0.15, 0.2) is 36.7 Å². The number of aromatic nitrogens is 3. The van der Waals surface area contributed by atoms with Crippen LogP contribution in [0.5, 0.6) is 0 Å².